The molecule has 0 bridgehead atoms. The van der Waals surface area contributed by atoms with Crippen LogP contribution in [0.25, 0.3) is 10.9 Å². The van der Waals surface area contributed by atoms with Gasteiger partial charge in [-0.25, -0.2) is 27.5 Å². The molecule has 0 spiro atoms. The van der Waals surface area contributed by atoms with E-state index in [-0.39, 0.29) is 75.0 Å². The number of piperazine rings is 1. The Hall–Kier alpha value is -5.26. The van der Waals surface area contributed by atoms with Crippen LogP contribution in [0.3, 0.4) is 0 Å². The van der Waals surface area contributed by atoms with E-state index >= 15 is 13.2 Å². The standard InChI is InChI=1S/C39H35Cl2F4N7O6/c1-57-25-15-23-20(36(47-17-46-23)48-22-7-6-21(40)30(41)31(22)42)14-26(25)58-19-4-2-18(3-5-19)16-50-10-12-51(13-11-50)35-33(44)29-28(32(43)34(35)45)38(55)52(39(29)56)24-8-9-27(53)49-37(24)54/h6-7,14-15,17-19,24H,2-5,8-13,16H2,1H3,(H,46,47,48)(H,49,53,54)/i10D2,11D2,12D2,13D2. The molecule has 4 aromatic rings. The Balaban J connectivity index is 1.03. The van der Waals surface area contributed by atoms with Crippen molar-refractivity contribution in [3.05, 3.63) is 75.0 Å². The predicted molar refractivity (Wildman–Crippen MR) is 204 cm³/mol. The summed E-state index contributed by atoms with van der Waals surface area (Å²) in [4.78, 5) is 59.3. The molecule has 58 heavy (non-hydrogen) atoms. The summed E-state index contributed by atoms with van der Waals surface area (Å²) >= 11 is 11.9. The number of piperidine rings is 1. The van der Waals surface area contributed by atoms with Crippen LogP contribution in [0.1, 0.15) is 70.2 Å². The molecule has 3 fully saturated rings. The SMILES string of the molecule is [2H]C1([2H])N(CC2CCC(Oc3cc4c(Nc5ccc(Cl)c(Cl)c5F)ncnc4cc3OC)CC2)C([2H])([2H])C([2H])([2H])N(c2c(F)c(F)c3c(c2F)C(=O)N(C2CCC(=O)NC2=O)C3=O)C1([2H])[2H]. The molecule has 3 aromatic carbocycles. The maximum atomic E-state index is 16.6. The number of halogens is 6. The summed E-state index contributed by atoms with van der Waals surface area (Å²) in [6, 6.07) is 4.15. The van der Waals surface area contributed by atoms with Gasteiger partial charge in [0.1, 0.15) is 23.9 Å². The van der Waals surface area contributed by atoms with Gasteiger partial charge < -0.3 is 19.7 Å². The first-order chi connectivity index (χ1) is 30.9. The number of anilines is 3. The minimum atomic E-state index is -3.94. The number of ether oxygens (including phenoxy) is 2. The fraction of sp³-hybridized carbons (Fsp3) is 0.385. The zero-order valence-corrected chi connectivity index (χ0v) is 31.5. The second kappa shape index (κ2) is 15.8. The molecule has 1 unspecified atom stereocenters. The van der Waals surface area contributed by atoms with E-state index in [1.54, 1.807) is 12.1 Å². The fourth-order valence-corrected chi connectivity index (χ4v) is 7.62. The Morgan fingerprint density at radius 2 is 1.59 bits per heavy atom. The summed E-state index contributed by atoms with van der Waals surface area (Å²) in [5, 5.41) is 4.86. The van der Waals surface area contributed by atoms with Crippen LogP contribution in [0.5, 0.6) is 11.5 Å². The van der Waals surface area contributed by atoms with E-state index in [0.717, 1.165) is 0 Å². The van der Waals surface area contributed by atoms with E-state index in [1.165, 1.54) is 25.6 Å². The van der Waals surface area contributed by atoms with Crippen LogP contribution < -0.4 is 25.0 Å². The van der Waals surface area contributed by atoms with Crippen molar-refractivity contribution in [2.75, 3.05) is 49.9 Å². The van der Waals surface area contributed by atoms with Crippen molar-refractivity contribution in [3.8, 4) is 11.5 Å². The minimum Gasteiger partial charge on any atom is -0.493 e. The molecule has 2 saturated heterocycles. The second-order valence-electron chi connectivity index (χ2n) is 13.7. The fourth-order valence-electron chi connectivity index (χ4n) is 7.31. The maximum Gasteiger partial charge on any atom is 0.265 e. The van der Waals surface area contributed by atoms with Crippen molar-refractivity contribution in [1.29, 1.82) is 0 Å². The monoisotopic (exact) mass is 851 g/mol. The number of carbonyl (C=O) groups is 4. The zero-order chi connectivity index (χ0) is 48.2. The smallest absolute Gasteiger partial charge is 0.265 e. The highest BCUT2D eigenvalue weighted by molar-refractivity contribution is 6.42. The highest BCUT2D eigenvalue weighted by Crippen LogP contribution is 2.41. The molecule has 1 saturated carbocycles. The number of nitrogens with zero attached hydrogens (tertiary/aromatic N) is 5. The van der Waals surface area contributed by atoms with Gasteiger partial charge in [0, 0.05) is 55.9 Å². The van der Waals surface area contributed by atoms with Crippen LogP contribution >= 0.6 is 23.2 Å². The number of amides is 4. The number of hydrogen-bond acceptors (Lipinski definition) is 11. The number of fused-ring (bicyclic) bond motifs is 2. The van der Waals surface area contributed by atoms with Crippen molar-refractivity contribution in [2.45, 2.75) is 50.7 Å². The summed E-state index contributed by atoms with van der Waals surface area (Å²) in [6.45, 7) is -15.8. The molecule has 3 aliphatic heterocycles. The van der Waals surface area contributed by atoms with Crippen LogP contribution in [-0.2, 0) is 9.59 Å². The van der Waals surface area contributed by atoms with Crippen LogP contribution in [0.4, 0.5) is 34.8 Å². The topological polar surface area (TPSA) is 146 Å². The molecule has 1 aliphatic carbocycles. The van der Waals surface area contributed by atoms with Gasteiger partial charge in [-0.2, -0.15) is 0 Å². The molecule has 4 aliphatic rings. The molecule has 1 aromatic heterocycles. The maximum absolute atomic E-state index is 16.6. The Bertz CT molecular complexity index is 2730. The summed E-state index contributed by atoms with van der Waals surface area (Å²) in [5.41, 5.74) is -4.68. The summed E-state index contributed by atoms with van der Waals surface area (Å²) in [7, 11) is 1.40. The molecular formula is C39H35Cl2F4N7O6. The van der Waals surface area contributed by atoms with Gasteiger partial charge in [0.2, 0.25) is 11.8 Å². The molecule has 0 radical (unpaired) electrons. The van der Waals surface area contributed by atoms with E-state index in [2.05, 4.69) is 15.3 Å². The number of nitrogens with one attached hydrogen (secondary N) is 2. The lowest BCUT2D eigenvalue weighted by Crippen LogP contribution is -2.54. The Morgan fingerprint density at radius 3 is 2.28 bits per heavy atom. The quantitative estimate of drug-likeness (QED) is 0.0835. The van der Waals surface area contributed by atoms with Crippen molar-refractivity contribution >= 4 is 74.9 Å². The lowest BCUT2D eigenvalue weighted by Gasteiger charge is -2.39. The number of carbonyl (C=O) groups excluding carboxylic acids is 4. The highest BCUT2D eigenvalue weighted by atomic mass is 35.5. The molecular weight excluding hydrogens is 809 g/mol. The summed E-state index contributed by atoms with van der Waals surface area (Å²) in [6.07, 6.45) is 0.796. The van der Waals surface area contributed by atoms with Gasteiger partial charge in [0.25, 0.3) is 11.8 Å². The summed E-state index contributed by atoms with van der Waals surface area (Å²) < 4.78 is 146. The average molecular weight is 853 g/mol. The van der Waals surface area contributed by atoms with Crippen LogP contribution in [0.2, 0.25) is 10.0 Å². The van der Waals surface area contributed by atoms with Crippen LogP contribution in [0.15, 0.2) is 30.6 Å². The normalized spacial score (nSPS) is 26.9. The van der Waals surface area contributed by atoms with Gasteiger partial charge >= 0.3 is 0 Å². The van der Waals surface area contributed by atoms with Gasteiger partial charge in [0.05, 0.1) is 51.1 Å². The first kappa shape index (κ1) is 30.8. The third-order valence-electron chi connectivity index (χ3n) is 10.2. The van der Waals surface area contributed by atoms with Gasteiger partial charge in [-0.15, -0.1) is 0 Å². The number of aromatic nitrogens is 2. The average Bonchev–Trinajstić information content (AvgIpc) is 3.52. The molecule has 13 nitrogen and oxygen atoms in total. The number of hydrogen-bond donors (Lipinski definition) is 2. The molecule has 8 rings (SSSR count). The first-order valence-corrected chi connectivity index (χ1v) is 18.5. The number of imide groups is 2. The van der Waals surface area contributed by atoms with Crippen LogP contribution in [-0.4, -0.2) is 95.2 Å². The van der Waals surface area contributed by atoms with E-state index in [0.29, 0.717) is 10.9 Å². The number of benzene rings is 3. The lowest BCUT2D eigenvalue weighted by atomic mass is 9.87. The Labute approximate surface area is 349 Å². The number of rotatable bonds is 9. The van der Waals surface area contributed by atoms with Crippen molar-refractivity contribution in [3.63, 3.8) is 0 Å². The molecule has 19 heteroatoms. The predicted octanol–water partition coefficient (Wildman–Crippen LogP) is 6.41. The lowest BCUT2D eigenvalue weighted by molar-refractivity contribution is -0.136. The van der Waals surface area contributed by atoms with E-state index in [9.17, 15) is 23.6 Å². The third-order valence-corrected chi connectivity index (χ3v) is 11.0. The number of methoxy groups -OCH3 is 1. The first-order valence-electron chi connectivity index (χ1n) is 21.8. The van der Waals surface area contributed by atoms with Crippen molar-refractivity contribution in [2.24, 2.45) is 5.92 Å². The molecule has 1 atom stereocenters. The molecule has 304 valence electrons. The summed E-state index contributed by atoms with van der Waals surface area (Å²) in [5.74, 6) is -13.0. The minimum absolute atomic E-state index is 0.00473. The largest absolute Gasteiger partial charge is 0.493 e. The van der Waals surface area contributed by atoms with Gasteiger partial charge in [-0.1, -0.05) is 23.2 Å². The van der Waals surface area contributed by atoms with E-state index in [4.69, 9.17) is 43.6 Å². The highest BCUT2D eigenvalue weighted by Gasteiger charge is 2.49. The van der Waals surface area contributed by atoms with E-state index in [1.807, 2.05) is 5.32 Å². The second-order valence-corrected chi connectivity index (χ2v) is 14.5. The van der Waals surface area contributed by atoms with E-state index < -0.39 is 126 Å². The molecule has 4 amide bonds. The van der Waals surface area contributed by atoms with Gasteiger partial charge in [-0.05, 0) is 56.2 Å². The van der Waals surface area contributed by atoms with Crippen molar-refractivity contribution in [1.82, 2.24) is 25.1 Å². The Morgan fingerprint density at radius 1 is 0.879 bits per heavy atom. The van der Waals surface area contributed by atoms with Gasteiger partial charge in [-0.3, -0.25) is 34.3 Å². The Kier molecular flexibility index (Phi) is 8.40. The third kappa shape index (κ3) is 7.12. The van der Waals surface area contributed by atoms with Crippen LogP contribution in [0, 0.1) is 29.2 Å². The molecule has 4 heterocycles. The van der Waals surface area contributed by atoms with Crippen molar-refractivity contribution < 1.29 is 57.2 Å². The molecule has 2 N–H and O–H groups in total. The zero-order valence-electron chi connectivity index (χ0n) is 38.0. The van der Waals surface area contributed by atoms with Gasteiger partial charge in [0.15, 0.2) is 34.8 Å².